The van der Waals surface area contributed by atoms with Crippen LogP contribution in [0, 0.1) is 0 Å². The van der Waals surface area contributed by atoms with Crippen molar-refractivity contribution >= 4 is 40.6 Å². The van der Waals surface area contributed by atoms with Gasteiger partial charge in [-0.1, -0.05) is 0 Å². The number of hydrogen-bond donors (Lipinski definition) is 0. The van der Waals surface area contributed by atoms with Gasteiger partial charge in [-0.25, -0.2) is 9.79 Å². The van der Waals surface area contributed by atoms with Crippen molar-refractivity contribution in [2.75, 3.05) is 13.7 Å². The third-order valence-electron chi connectivity index (χ3n) is 2.91. The third kappa shape index (κ3) is 6.27. The standard InChI is InChI=1S/C11H27NO6Si4/c1-14-22(10-8-9-12-11-13)17-20(4,5)15-19(2,3)16-21(6,7)18-22/h8-10H2,1-7H3. The van der Waals surface area contributed by atoms with Gasteiger partial charge in [0.05, 0.1) is 6.54 Å². The first-order chi connectivity index (χ1) is 9.95. The molecule has 0 aromatic carbocycles. The van der Waals surface area contributed by atoms with E-state index in [0.717, 1.165) is 0 Å². The van der Waals surface area contributed by atoms with Crippen molar-refractivity contribution < 1.29 is 25.7 Å². The molecule has 0 aromatic heterocycles. The van der Waals surface area contributed by atoms with Crippen molar-refractivity contribution in [2.24, 2.45) is 4.99 Å². The number of isocyanates is 1. The summed E-state index contributed by atoms with van der Waals surface area (Å²) in [5.41, 5.74) is 0. The van der Waals surface area contributed by atoms with E-state index in [1.54, 1.807) is 13.2 Å². The van der Waals surface area contributed by atoms with E-state index in [-0.39, 0.29) is 0 Å². The van der Waals surface area contributed by atoms with E-state index in [2.05, 4.69) is 4.99 Å². The minimum absolute atomic E-state index is 0.389. The van der Waals surface area contributed by atoms with Gasteiger partial charge in [0.1, 0.15) is 0 Å². The fourth-order valence-electron chi connectivity index (χ4n) is 2.72. The summed E-state index contributed by atoms with van der Waals surface area (Å²) in [6, 6.07) is 0.580. The maximum absolute atomic E-state index is 10.2. The number of aliphatic imine (C=N–C) groups is 1. The molecule has 7 nitrogen and oxygen atoms in total. The minimum atomic E-state index is -2.92. The van der Waals surface area contributed by atoms with E-state index in [1.807, 2.05) is 39.3 Å². The maximum Gasteiger partial charge on any atom is 0.482 e. The van der Waals surface area contributed by atoms with Crippen LogP contribution >= 0.6 is 0 Å². The number of carbonyl (C=O) groups excluding carboxylic acids is 1. The second kappa shape index (κ2) is 7.30. The van der Waals surface area contributed by atoms with Crippen LogP contribution < -0.4 is 0 Å². The average molecular weight is 382 g/mol. The van der Waals surface area contributed by atoms with Crippen LogP contribution in [-0.4, -0.2) is 54.2 Å². The van der Waals surface area contributed by atoms with Crippen LogP contribution in [-0.2, 0) is 25.7 Å². The molecule has 0 bridgehead atoms. The highest BCUT2D eigenvalue weighted by Crippen LogP contribution is 2.33. The Morgan fingerprint density at radius 1 is 0.909 bits per heavy atom. The van der Waals surface area contributed by atoms with Crippen LogP contribution in [0.4, 0.5) is 0 Å². The zero-order valence-corrected chi connectivity index (χ0v) is 18.5. The highest BCUT2D eigenvalue weighted by atomic mass is 28.5. The zero-order valence-electron chi connectivity index (χ0n) is 14.5. The zero-order chi connectivity index (χ0) is 17.1. The summed E-state index contributed by atoms with van der Waals surface area (Å²) in [6.45, 7) is 12.4. The Morgan fingerprint density at radius 2 is 1.36 bits per heavy atom. The van der Waals surface area contributed by atoms with Gasteiger partial charge < -0.3 is 20.9 Å². The molecule has 1 heterocycles. The summed E-state index contributed by atoms with van der Waals surface area (Å²) in [5.74, 6) is 0. The molecule has 0 atom stereocenters. The summed E-state index contributed by atoms with van der Waals surface area (Å²) in [7, 11) is -8.47. The second-order valence-corrected chi connectivity index (χ2v) is 20.5. The highest BCUT2D eigenvalue weighted by Gasteiger charge is 2.55. The lowest BCUT2D eigenvalue weighted by molar-refractivity contribution is 0.146. The Balaban J connectivity index is 3.00. The van der Waals surface area contributed by atoms with Crippen molar-refractivity contribution in [1.29, 1.82) is 0 Å². The highest BCUT2D eigenvalue weighted by molar-refractivity contribution is 6.91. The molecule has 0 spiro atoms. The summed E-state index contributed by atoms with van der Waals surface area (Å²) in [5, 5.41) is 0. The van der Waals surface area contributed by atoms with Gasteiger partial charge in [0, 0.05) is 13.2 Å². The lowest BCUT2D eigenvalue weighted by Gasteiger charge is -2.47. The van der Waals surface area contributed by atoms with Gasteiger partial charge >= 0.3 is 34.5 Å². The second-order valence-electron chi connectivity index (χ2n) is 6.57. The molecule has 11 heteroatoms. The first-order valence-electron chi connectivity index (χ1n) is 7.34. The number of hydrogen-bond acceptors (Lipinski definition) is 7. The molecule has 0 N–H and O–H groups in total. The quantitative estimate of drug-likeness (QED) is 0.315. The van der Waals surface area contributed by atoms with Crippen LogP contribution in [0.25, 0.3) is 0 Å². The molecule has 1 aliphatic heterocycles. The van der Waals surface area contributed by atoms with E-state index >= 15 is 0 Å². The fourth-order valence-corrected chi connectivity index (χ4v) is 22.6. The van der Waals surface area contributed by atoms with Gasteiger partial charge in [-0.15, -0.1) is 0 Å². The van der Waals surface area contributed by atoms with Crippen LogP contribution in [0.1, 0.15) is 6.42 Å². The molecule has 1 saturated heterocycles. The third-order valence-corrected chi connectivity index (χ3v) is 18.8. The van der Waals surface area contributed by atoms with Crippen molar-refractivity contribution in [2.45, 2.75) is 51.7 Å². The largest absolute Gasteiger partial charge is 0.482 e. The van der Waals surface area contributed by atoms with Crippen molar-refractivity contribution in [3.63, 3.8) is 0 Å². The van der Waals surface area contributed by atoms with Crippen LogP contribution in [0.15, 0.2) is 4.99 Å². The van der Waals surface area contributed by atoms with Crippen molar-refractivity contribution in [1.82, 2.24) is 0 Å². The van der Waals surface area contributed by atoms with Crippen molar-refractivity contribution in [3.8, 4) is 0 Å². The van der Waals surface area contributed by atoms with E-state index < -0.39 is 34.5 Å². The number of nitrogens with zero attached hydrogens (tertiary/aromatic N) is 1. The van der Waals surface area contributed by atoms with E-state index in [9.17, 15) is 4.79 Å². The van der Waals surface area contributed by atoms with Crippen LogP contribution in [0.2, 0.25) is 45.3 Å². The minimum Gasteiger partial charge on any atom is -0.416 e. The van der Waals surface area contributed by atoms with E-state index in [1.165, 1.54) is 0 Å². The number of rotatable bonds is 5. The van der Waals surface area contributed by atoms with Gasteiger partial charge in [0.25, 0.3) is 0 Å². The summed E-state index contributed by atoms with van der Waals surface area (Å²) in [6.07, 6.45) is 2.19. The lowest BCUT2D eigenvalue weighted by Crippen LogP contribution is -2.66. The Kier molecular flexibility index (Phi) is 6.66. The molecule has 1 rings (SSSR count). The maximum atomic E-state index is 10.2. The van der Waals surface area contributed by atoms with Gasteiger partial charge in [-0.3, -0.25) is 0 Å². The normalized spacial score (nSPS) is 25.6. The molecule has 0 unspecified atom stereocenters. The summed E-state index contributed by atoms with van der Waals surface area (Å²) >= 11 is 0. The van der Waals surface area contributed by atoms with Crippen LogP contribution in [0.3, 0.4) is 0 Å². The van der Waals surface area contributed by atoms with Crippen LogP contribution in [0.5, 0.6) is 0 Å². The first-order valence-corrected chi connectivity index (χ1v) is 17.7. The predicted octanol–water partition coefficient (Wildman–Crippen LogP) is 2.48. The molecular formula is C11H27NO6Si4. The Labute approximate surface area is 137 Å². The lowest BCUT2D eigenvalue weighted by atomic mass is 10.5. The molecule has 1 aliphatic rings. The average Bonchev–Trinajstić information content (AvgIpc) is 2.29. The van der Waals surface area contributed by atoms with Gasteiger partial charge in [0.15, 0.2) is 0 Å². The molecular weight excluding hydrogens is 354 g/mol. The molecule has 1 fully saturated rings. The van der Waals surface area contributed by atoms with Gasteiger partial charge in [-0.05, 0) is 45.7 Å². The summed E-state index contributed by atoms with van der Waals surface area (Å²) in [4.78, 5) is 13.8. The SMILES string of the molecule is CO[Si]1(CCCN=C=O)O[Si](C)(C)O[Si](C)(C)O[Si](C)(C)O1. The molecule has 0 amide bonds. The fraction of sp³-hybridized carbons (Fsp3) is 0.909. The smallest absolute Gasteiger partial charge is 0.416 e. The monoisotopic (exact) mass is 381 g/mol. The Morgan fingerprint density at radius 3 is 1.77 bits per heavy atom. The molecule has 22 heavy (non-hydrogen) atoms. The van der Waals surface area contributed by atoms with E-state index in [0.29, 0.717) is 19.0 Å². The van der Waals surface area contributed by atoms with Gasteiger partial charge in [-0.2, -0.15) is 0 Å². The molecule has 0 aliphatic carbocycles. The first kappa shape index (κ1) is 20.1. The summed E-state index contributed by atoms with van der Waals surface area (Å²) < 4.78 is 30.9. The Hall–Kier alpha value is 0.0475. The predicted molar refractivity (Wildman–Crippen MR) is 92.0 cm³/mol. The topological polar surface area (TPSA) is 75.6 Å². The molecule has 0 saturated carbocycles. The molecule has 128 valence electrons. The van der Waals surface area contributed by atoms with Crippen molar-refractivity contribution in [3.05, 3.63) is 0 Å². The van der Waals surface area contributed by atoms with E-state index in [4.69, 9.17) is 20.9 Å². The van der Waals surface area contributed by atoms with Gasteiger partial charge in [0.2, 0.25) is 6.08 Å². The molecule has 0 aromatic rings. The Bertz CT molecular complexity index is 416. The molecule has 0 radical (unpaired) electrons.